The lowest BCUT2D eigenvalue weighted by atomic mass is 10.1. The maximum atomic E-state index is 12.6. The predicted molar refractivity (Wildman–Crippen MR) is 94.5 cm³/mol. The summed E-state index contributed by atoms with van der Waals surface area (Å²) in [5.74, 6) is 0.554. The molecule has 1 N–H and O–H groups in total. The molecule has 1 aliphatic heterocycles. The monoisotopic (exact) mass is 350 g/mol. The number of nitrogens with zero attached hydrogens (tertiary/aromatic N) is 1. The first kappa shape index (κ1) is 16.3. The van der Waals surface area contributed by atoms with Crippen molar-refractivity contribution in [3.05, 3.63) is 45.1 Å². The molecule has 0 bridgehead atoms. The Morgan fingerprint density at radius 2 is 2.26 bits per heavy atom. The van der Waals surface area contributed by atoms with E-state index in [9.17, 15) is 4.79 Å². The lowest BCUT2D eigenvalue weighted by Crippen LogP contribution is -2.44. The molecule has 0 spiro atoms. The Labute approximate surface area is 145 Å². The number of hydrogen-bond donors (Lipinski definition) is 1. The van der Waals surface area contributed by atoms with Gasteiger partial charge in [0.25, 0.3) is 0 Å². The lowest BCUT2D eigenvalue weighted by Gasteiger charge is -2.31. The van der Waals surface area contributed by atoms with Crippen LogP contribution in [0.5, 0.6) is 5.75 Å². The average molecular weight is 351 g/mol. The largest absolute Gasteiger partial charge is 0.495 e. The summed E-state index contributed by atoms with van der Waals surface area (Å²) in [6, 6.07) is 7.13. The number of thiophene rings is 1. The summed E-state index contributed by atoms with van der Waals surface area (Å²) in [4.78, 5) is 16.2. The summed E-state index contributed by atoms with van der Waals surface area (Å²) < 4.78 is 5.28. The molecule has 0 radical (unpaired) electrons. The number of methoxy groups -OCH3 is 1. The van der Waals surface area contributed by atoms with Crippen LogP contribution in [-0.2, 0) is 17.8 Å². The molecule has 1 amide bonds. The quantitative estimate of drug-likeness (QED) is 0.912. The summed E-state index contributed by atoms with van der Waals surface area (Å²) in [5.41, 5.74) is 1.94. The lowest BCUT2D eigenvalue weighted by molar-refractivity contribution is -0.121. The number of rotatable bonds is 4. The van der Waals surface area contributed by atoms with Gasteiger partial charge in [-0.1, -0.05) is 11.6 Å². The molecule has 23 heavy (non-hydrogen) atoms. The number of nitrogens with one attached hydrogen (secondary N) is 1. The molecule has 1 aromatic heterocycles. The predicted octanol–water partition coefficient (Wildman–Crippen LogP) is 3.80. The highest BCUT2D eigenvalue weighted by atomic mass is 35.5. The highest BCUT2D eigenvalue weighted by molar-refractivity contribution is 7.10. The van der Waals surface area contributed by atoms with Gasteiger partial charge in [0.05, 0.1) is 18.8 Å². The van der Waals surface area contributed by atoms with Gasteiger partial charge in [-0.2, -0.15) is 0 Å². The molecule has 2 aromatic rings. The number of benzene rings is 1. The number of ether oxygens (including phenoxy) is 1. The molecule has 4 nitrogen and oxygen atoms in total. The zero-order valence-electron chi connectivity index (χ0n) is 13.1. The van der Waals surface area contributed by atoms with E-state index in [0.29, 0.717) is 16.5 Å². The van der Waals surface area contributed by atoms with Crippen molar-refractivity contribution in [1.82, 2.24) is 4.90 Å². The molecule has 2 heterocycles. The van der Waals surface area contributed by atoms with Gasteiger partial charge in [-0.25, -0.2) is 0 Å². The maximum absolute atomic E-state index is 12.6. The second-order valence-corrected chi connectivity index (χ2v) is 7.04. The second-order valence-electron chi connectivity index (χ2n) is 5.60. The van der Waals surface area contributed by atoms with Gasteiger partial charge in [0.2, 0.25) is 5.91 Å². The van der Waals surface area contributed by atoms with Crippen molar-refractivity contribution in [3.8, 4) is 5.75 Å². The number of carbonyl (C=O) groups excluding carboxylic acids is 1. The van der Waals surface area contributed by atoms with Crippen LogP contribution in [0.25, 0.3) is 0 Å². The van der Waals surface area contributed by atoms with E-state index in [1.807, 2.05) is 6.92 Å². The van der Waals surface area contributed by atoms with Crippen molar-refractivity contribution >= 4 is 34.5 Å². The first-order valence-electron chi connectivity index (χ1n) is 7.52. The normalized spacial score (nSPS) is 15.8. The van der Waals surface area contributed by atoms with Gasteiger partial charge < -0.3 is 10.1 Å². The van der Waals surface area contributed by atoms with E-state index in [1.165, 1.54) is 10.4 Å². The molecule has 3 rings (SSSR count). The molecule has 0 saturated carbocycles. The Bertz CT molecular complexity index is 716. The molecule has 122 valence electrons. The Morgan fingerprint density at radius 3 is 3.04 bits per heavy atom. The minimum absolute atomic E-state index is 0.0516. The van der Waals surface area contributed by atoms with Crippen molar-refractivity contribution in [2.45, 2.75) is 25.9 Å². The van der Waals surface area contributed by atoms with Crippen LogP contribution < -0.4 is 10.1 Å². The Balaban J connectivity index is 1.70. The minimum Gasteiger partial charge on any atom is -0.495 e. The van der Waals surface area contributed by atoms with Crippen molar-refractivity contribution < 1.29 is 9.53 Å². The van der Waals surface area contributed by atoms with Gasteiger partial charge in [0.1, 0.15) is 5.75 Å². The first-order chi connectivity index (χ1) is 11.1. The molecule has 1 aliphatic rings. The maximum Gasteiger partial charge on any atom is 0.241 e. The molecule has 1 atom stereocenters. The molecular weight excluding hydrogens is 332 g/mol. The Hall–Kier alpha value is -1.56. The van der Waals surface area contributed by atoms with Gasteiger partial charge in [-0.15, -0.1) is 11.3 Å². The highest BCUT2D eigenvalue weighted by Gasteiger charge is 2.26. The van der Waals surface area contributed by atoms with Gasteiger partial charge in [0.15, 0.2) is 0 Å². The van der Waals surface area contributed by atoms with Crippen LogP contribution in [0, 0.1) is 0 Å². The molecule has 0 unspecified atom stereocenters. The summed E-state index contributed by atoms with van der Waals surface area (Å²) in [6.07, 6.45) is 1.01. The van der Waals surface area contributed by atoms with E-state index in [-0.39, 0.29) is 11.9 Å². The molecular formula is C17H19ClN2O2S. The average Bonchev–Trinajstić information content (AvgIpc) is 3.01. The molecule has 6 heteroatoms. The molecule has 0 aliphatic carbocycles. The number of halogens is 1. The fraction of sp³-hybridized carbons (Fsp3) is 0.353. The van der Waals surface area contributed by atoms with Crippen LogP contribution in [0.2, 0.25) is 5.02 Å². The number of hydrogen-bond acceptors (Lipinski definition) is 4. The van der Waals surface area contributed by atoms with Crippen molar-refractivity contribution in [2.75, 3.05) is 19.0 Å². The number of fused-ring (bicyclic) bond motifs is 1. The smallest absolute Gasteiger partial charge is 0.241 e. The fourth-order valence-electron chi connectivity index (χ4n) is 2.78. The molecule has 1 aromatic carbocycles. The van der Waals surface area contributed by atoms with Gasteiger partial charge >= 0.3 is 0 Å². The minimum atomic E-state index is -0.216. The number of carbonyl (C=O) groups is 1. The zero-order valence-corrected chi connectivity index (χ0v) is 14.7. The van der Waals surface area contributed by atoms with Crippen LogP contribution in [0.3, 0.4) is 0 Å². The van der Waals surface area contributed by atoms with Gasteiger partial charge in [-0.05, 0) is 48.6 Å². The van der Waals surface area contributed by atoms with E-state index in [1.54, 1.807) is 36.6 Å². The summed E-state index contributed by atoms with van der Waals surface area (Å²) in [6.45, 7) is 3.65. The first-order valence-corrected chi connectivity index (χ1v) is 8.78. The third kappa shape index (κ3) is 3.52. The van der Waals surface area contributed by atoms with Crippen LogP contribution in [0.15, 0.2) is 29.6 Å². The Morgan fingerprint density at radius 1 is 1.43 bits per heavy atom. The van der Waals surface area contributed by atoms with E-state index in [0.717, 1.165) is 19.5 Å². The second kappa shape index (κ2) is 6.91. The summed E-state index contributed by atoms with van der Waals surface area (Å²) in [7, 11) is 1.57. The summed E-state index contributed by atoms with van der Waals surface area (Å²) >= 11 is 7.81. The van der Waals surface area contributed by atoms with Crippen molar-refractivity contribution in [2.24, 2.45) is 0 Å². The van der Waals surface area contributed by atoms with Crippen LogP contribution in [-0.4, -0.2) is 30.5 Å². The van der Waals surface area contributed by atoms with E-state index in [4.69, 9.17) is 16.3 Å². The van der Waals surface area contributed by atoms with Gasteiger partial charge in [-0.3, -0.25) is 9.69 Å². The number of anilines is 1. The van der Waals surface area contributed by atoms with Crippen LogP contribution >= 0.6 is 22.9 Å². The van der Waals surface area contributed by atoms with E-state index >= 15 is 0 Å². The third-order valence-corrected chi connectivity index (χ3v) is 5.44. The SMILES string of the molecule is COc1ccc(Cl)cc1NC(=O)[C@H](C)N1CCc2sccc2C1. The topological polar surface area (TPSA) is 41.6 Å². The molecule has 0 fully saturated rings. The zero-order chi connectivity index (χ0) is 16.4. The van der Waals surface area contributed by atoms with Crippen molar-refractivity contribution in [1.29, 1.82) is 0 Å². The standard InChI is InChI=1S/C17H19ClN2O2S/c1-11(20-7-5-16-12(10-20)6-8-23-16)17(21)19-14-9-13(18)3-4-15(14)22-2/h3-4,6,8-9,11H,5,7,10H2,1-2H3,(H,19,21)/t11-/m0/s1. The molecule has 0 saturated heterocycles. The van der Waals surface area contributed by atoms with Crippen molar-refractivity contribution in [3.63, 3.8) is 0 Å². The third-order valence-electron chi connectivity index (χ3n) is 4.18. The summed E-state index contributed by atoms with van der Waals surface area (Å²) in [5, 5.41) is 5.61. The van der Waals surface area contributed by atoms with Gasteiger partial charge in [0, 0.05) is 23.0 Å². The van der Waals surface area contributed by atoms with Crippen LogP contribution in [0.4, 0.5) is 5.69 Å². The highest BCUT2D eigenvalue weighted by Crippen LogP contribution is 2.29. The van der Waals surface area contributed by atoms with E-state index in [2.05, 4.69) is 21.7 Å². The van der Waals surface area contributed by atoms with E-state index < -0.39 is 0 Å². The van der Waals surface area contributed by atoms with Crippen LogP contribution in [0.1, 0.15) is 17.4 Å². The Kier molecular flexibility index (Phi) is 4.90. The number of amides is 1. The fourth-order valence-corrected chi connectivity index (χ4v) is 3.84.